The maximum atomic E-state index is 6.22. The fourth-order valence-electron chi connectivity index (χ4n) is 1.80. The average molecular weight is 269 g/mol. The van der Waals surface area contributed by atoms with E-state index in [9.17, 15) is 0 Å². The van der Waals surface area contributed by atoms with Crippen molar-refractivity contribution in [2.24, 2.45) is 7.05 Å². The van der Waals surface area contributed by atoms with Gasteiger partial charge in [-0.15, -0.1) is 0 Å². The molecule has 7 heteroatoms. The predicted octanol–water partition coefficient (Wildman–Crippen LogP) is 1.28. The molecule has 0 aliphatic carbocycles. The highest BCUT2D eigenvalue weighted by Crippen LogP contribution is 2.19. The van der Waals surface area contributed by atoms with Crippen molar-refractivity contribution in [3.63, 3.8) is 0 Å². The van der Waals surface area contributed by atoms with Crippen molar-refractivity contribution in [3.05, 3.63) is 28.6 Å². The molecule has 0 atom stereocenters. The third-order valence-corrected chi connectivity index (χ3v) is 3.17. The minimum atomic E-state index is 0.616. The summed E-state index contributed by atoms with van der Waals surface area (Å²) in [5.41, 5.74) is 1.87. The van der Waals surface area contributed by atoms with Gasteiger partial charge in [-0.1, -0.05) is 11.6 Å². The van der Waals surface area contributed by atoms with E-state index in [1.54, 1.807) is 11.0 Å². The number of halogens is 1. The van der Waals surface area contributed by atoms with Gasteiger partial charge in [-0.2, -0.15) is 10.2 Å². The first-order valence-corrected chi connectivity index (χ1v) is 6.26. The normalized spacial score (nSPS) is 11.1. The Morgan fingerprint density at radius 1 is 1.33 bits per heavy atom. The lowest BCUT2D eigenvalue weighted by Crippen LogP contribution is -2.17. The summed E-state index contributed by atoms with van der Waals surface area (Å²) in [5, 5.41) is 12.6. The third kappa shape index (κ3) is 2.70. The van der Waals surface area contributed by atoms with E-state index in [2.05, 4.69) is 20.5 Å². The summed E-state index contributed by atoms with van der Waals surface area (Å²) in [5.74, 6) is 0.771. The quantitative estimate of drug-likeness (QED) is 0.888. The molecular formula is C11H17ClN6. The van der Waals surface area contributed by atoms with Gasteiger partial charge in [0.05, 0.1) is 23.0 Å². The summed E-state index contributed by atoms with van der Waals surface area (Å²) < 4.78 is 3.60. The minimum Gasteiger partial charge on any atom is -0.304 e. The molecule has 2 rings (SSSR count). The minimum absolute atomic E-state index is 0.616. The van der Waals surface area contributed by atoms with Crippen LogP contribution in [0.15, 0.2) is 6.33 Å². The van der Waals surface area contributed by atoms with Crippen LogP contribution in [0.1, 0.15) is 24.1 Å². The molecule has 2 heterocycles. The summed E-state index contributed by atoms with van der Waals surface area (Å²) in [7, 11) is 1.85. The zero-order chi connectivity index (χ0) is 13.1. The summed E-state index contributed by atoms with van der Waals surface area (Å²) >= 11 is 6.22. The van der Waals surface area contributed by atoms with Crippen LogP contribution in [0.2, 0.25) is 5.02 Å². The van der Waals surface area contributed by atoms with Crippen molar-refractivity contribution in [2.75, 3.05) is 0 Å². The molecule has 2 aromatic rings. The standard InChI is InChI=1S/C11H17ClN6/c1-4-18-9(11(12)8(2)15-18)5-13-6-10-14-7-17(3)16-10/h7,13H,4-6H2,1-3H3. The van der Waals surface area contributed by atoms with Crippen LogP contribution in [-0.4, -0.2) is 24.5 Å². The molecule has 0 aromatic carbocycles. The lowest BCUT2D eigenvalue weighted by Gasteiger charge is -2.05. The first kappa shape index (κ1) is 13.0. The fraction of sp³-hybridized carbons (Fsp3) is 0.545. The predicted molar refractivity (Wildman–Crippen MR) is 69.2 cm³/mol. The van der Waals surface area contributed by atoms with Crippen LogP contribution in [-0.2, 0) is 26.7 Å². The molecule has 0 saturated heterocycles. The second-order valence-electron chi connectivity index (χ2n) is 4.10. The summed E-state index contributed by atoms with van der Waals surface area (Å²) in [6, 6.07) is 0. The van der Waals surface area contributed by atoms with E-state index >= 15 is 0 Å². The van der Waals surface area contributed by atoms with E-state index in [1.807, 2.05) is 25.6 Å². The number of aromatic nitrogens is 5. The van der Waals surface area contributed by atoms with Gasteiger partial charge in [0, 0.05) is 20.1 Å². The van der Waals surface area contributed by atoms with Crippen molar-refractivity contribution in [1.82, 2.24) is 29.9 Å². The average Bonchev–Trinajstić information content (AvgIpc) is 2.87. The number of nitrogens with one attached hydrogen (secondary N) is 1. The molecule has 0 fully saturated rings. The van der Waals surface area contributed by atoms with Crippen LogP contribution in [0.3, 0.4) is 0 Å². The van der Waals surface area contributed by atoms with E-state index < -0.39 is 0 Å². The molecule has 2 aromatic heterocycles. The van der Waals surface area contributed by atoms with Crippen LogP contribution in [0.5, 0.6) is 0 Å². The molecule has 0 aliphatic heterocycles. The van der Waals surface area contributed by atoms with E-state index in [1.165, 1.54) is 0 Å². The van der Waals surface area contributed by atoms with Crippen LogP contribution < -0.4 is 5.32 Å². The molecule has 0 unspecified atom stereocenters. The third-order valence-electron chi connectivity index (χ3n) is 2.68. The highest BCUT2D eigenvalue weighted by molar-refractivity contribution is 6.31. The first-order valence-electron chi connectivity index (χ1n) is 5.88. The molecule has 6 nitrogen and oxygen atoms in total. The smallest absolute Gasteiger partial charge is 0.164 e. The Bertz CT molecular complexity index is 530. The van der Waals surface area contributed by atoms with E-state index in [4.69, 9.17) is 11.6 Å². The summed E-state index contributed by atoms with van der Waals surface area (Å²) in [6.07, 6.45) is 1.68. The van der Waals surface area contributed by atoms with Crippen molar-refractivity contribution in [1.29, 1.82) is 0 Å². The Kier molecular flexibility index (Phi) is 3.98. The van der Waals surface area contributed by atoms with E-state index in [-0.39, 0.29) is 0 Å². The van der Waals surface area contributed by atoms with Crippen LogP contribution in [0.25, 0.3) is 0 Å². The van der Waals surface area contributed by atoms with Gasteiger partial charge in [0.1, 0.15) is 6.33 Å². The molecule has 0 saturated carbocycles. The molecule has 1 N–H and O–H groups in total. The Morgan fingerprint density at radius 3 is 2.72 bits per heavy atom. The maximum Gasteiger partial charge on any atom is 0.164 e. The topological polar surface area (TPSA) is 60.6 Å². The number of nitrogens with zero attached hydrogens (tertiary/aromatic N) is 5. The van der Waals surface area contributed by atoms with Crippen LogP contribution >= 0.6 is 11.6 Å². The fourth-order valence-corrected chi connectivity index (χ4v) is 2.00. The number of hydrogen-bond donors (Lipinski definition) is 1. The Balaban J connectivity index is 1.98. The van der Waals surface area contributed by atoms with Gasteiger partial charge < -0.3 is 5.32 Å². The summed E-state index contributed by atoms with van der Waals surface area (Å²) in [6.45, 7) is 6.05. The highest BCUT2D eigenvalue weighted by atomic mass is 35.5. The monoisotopic (exact) mass is 268 g/mol. The van der Waals surface area contributed by atoms with Crippen molar-refractivity contribution >= 4 is 11.6 Å². The van der Waals surface area contributed by atoms with Crippen LogP contribution in [0, 0.1) is 6.92 Å². The zero-order valence-electron chi connectivity index (χ0n) is 10.8. The van der Waals surface area contributed by atoms with Gasteiger partial charge in [0.25, 0.3) is 0 Å². The Labute approximate surface area is 111 Å². The lowest BCUT2D eigenvalue weighted by atomic mass is 10.3. The highest BCUT2D eigenvalue weighted by Gasteiger charge is 2.11. The molecule has 0 bridgehead atoms. The molecule has 0 amide bonds. The second kappa shape index (κ2) is 5.49. The summed E-state index contributed by atoms with van der Waals surface area (Å²) in [4.78, 5) is 4.15. The van der Waals surface area contributed by atoms with Crippen molar-refractivity contribution in [2.45, 2.75) is 33.5 Å². The largest absolute Gasteiger partial charge is 0.304 e. The van der Waals surface area contributed by atoms with Gasteiger partial charge in [-0.3, -0.25) is 9.36 Å². The van der Waals surface area contributed by atoms with Crippen LogP contribution in [0.4, 0.5) is 0 Å². The second-order valence-corrected chi connectivity index (χ2v) is 4.48. The van der Waals surface area contributed by atoms with E-state index in [0.717, 1.165) is 28.8 Å². The molecule has 0 radical (unpaired) electrons. The first-order chi connectivity index (χ1) is 8.61. The van der Waals surface area contributed by atoms with Gasteiger partial charge in [-0.05, 0) is 13.8 Å². The van der Waals surface area contributed by atoms with Crippen molar-refractivity contribution < 1.29 is 0 Å². The van der Waals surface area contributed by atoms with Gasteiger partial charge in [-0.25, -0.2) is 4.98 Å². The zero-order valence-corrected chi connectivity index (χ0v) is 11.6. The maximum absolute atomic E-state index is 6.22. The molecule has 98 valence electrons. The van der Waals surface area contributed by atoms with Crippen molar-refractivity contribution in [3.8, 4) is 0 Å². The van der Waals surface area contributed by atoms with Gasteiger partial charge in [0.15, 0.2) is 5.82 Å². The number of aryl methyl sites for hydroxylation is 3. The number of hydrogen-bond acceptors (Lipinski definition) is 4. The Morgan fingerprint density at radius 2 is 2.11 bits per heavy atom. The molecule has 18 heavy (non-hydrogen) atoms. The lowest BCUT2D eigenvalue weighted by molar-refractivity contribution is 0.571. The molecule has 0 aliphatic rings. The van der Waals surface area contributed by atoms with E-state index in [0.29, 0.717) is 13.1 Å². The Hall–Kier alpha value is -1.40. The SMILES string of the molecule is CCn1nc(C)c(Cl)c1CNCc1ncn(C)n1. The van der Waals surface area contributed by atoms with Gasteiger partial charge in [0.2, 0.25) is 0 Å². The molecular weight excluding hydrogens is 252 g/mol. The van der Waals surface area contributed by atoms with Gasteiger partial charge >= 0.3 is 0 Å². The molecule has 0 spiro atoms. The number of rotatable bonds is 5.